The van der Waals surface area contributed by atoms with Crippen LogP contribution in [0.4, 0.5) is 0 Å². The fraction of sp³-hybridized carbons (Fsp3) is 0.500. The zero-order chi connectivity index (χ0) is 14.3. The van der Waals surface area contributed by atoms with Crippen LogP contribution in [-0.2, 0) is 11.2 Å². The SMILES string of the molecule is C=CC(C)(CNCCOC)Cc1ccc(C)cc1Cl. The second-order valence-electron chi connectivity index (χ2n) is 5.30. The second kappa shape index (κ2) is 7.68. The Labute approximate surface area is 121 Å². The standard InChI is InChI=1S/C16H24ClNO/c1-5-16(3,12-18-8-9-19-4)11-14-7-6-13(2)10-15(14)17/h5-7,10,18H,1,8-9,11-12H2,2-4H3. The van der Waals surface area contributed by atoms with Gasteiger partial charge in [-0.3, -0.25) is 0 Å². The first kappa shape index (κ1) is 16.2. The largest absolute Gasteiger partial charge is 0.383 e. The predicted molar refractivity (Wildman–Crippen MR) is 82.9 cm³/mol. The molecular formula is C16H24ClNO. The third kappa shape index (κ3) is 5.35. The Morgan fingerprint density at radius 1 is 1.47 bits per heavy atom. The Morgan fingerprint density at radius 3 is 2.79 bits per heavy atom. The number of methoxy groups -OCH3 is 1. The van der Waals surface area contributed by atoms with Gasteiger partial charge in [-0.2, -0.15) is 0 Å². The van der Waals surface area contributed by atoms with Gasteiger partial charge in [-0.25, -0.2) is 0 Å². The molecule has 2 nitrogen and oxygen atoms in total. The van der Waals surface area contributed by atoms with E-state index in [0.717, 1.165) is 31.1 Å². The second-order valence-corrected chi connectivity index (χ2v) is 5.71. The molecule has 1 aromatic carbocycles. The molecule has 0 aromatic heterocycles. The molecule has 0 aliphatic rings. The molecule has 1 atom stereocenters. The average Bonchev–Trinajstić information content (AvgIpc) is 2.38. The Morgan fingerprint density at radius 2 is 2.21 bits per heavy atom. The van der Waals surface area contributed by atoms with Gasteiger partial charge in [0.25, 0.3) is 0 Å². The Hall–Kier alpha value is -0.830. The van der Waals surface area contributed by atoms with Crippen LogP contribution in [0.25, 0.3) is 0 Å². The molecule has 3 heteroatoms. The summed E-state index contributed by atoms with van der Waals surface area (Å²) >= 11 is 6.30. The number of halogens is 1. The van der Waals surface area contributed by atoms with Crippen molar-refractivity contribution < 1.29 is 4.74 Å². The van der Waals surface area contributed by atoms with Crippen LogP contribution in [0.5, 0.6) is 0 Å². The fourth-order valence-corrected chi connectivity index (χ4v) is 2.29. The zero-order valence-corrected chi connectivity index (χ0v) is 12.9. The van der Waals surface area contributed by atoms with Crippen LogP contribution in [0.1, 0.15) is 18.1 Å². The minimum atomic E-state index is -0.00730. The molecule has 0 bridgehead atoms. The molecule has 1 aromatic rings. The van der Waals surface area contributed by atoms with E-state index in [1.807, 2.05) is 12.1 Å². The molecule has 0 spiro atoms. The van der Waals surface area contributed by atoms with Crippen molar-refractivity contribution >= 4 is 11.6 Å². The summed E-state index contributed by atoms with van der Waals surface area (Å²) < 4.78 is 5.03. The summed E-state index contributed by atoms with van der Waals surface area (Å²) in [6.07, 6.45) is 2.89. The molecule has 0 radical (unpaired) electrons. The highest BCUT2D eigenvalue weighted by Gasteiger charge is 2.21. The lowest BCUT2D eigenvalue weighted by Gasteiger charge is -2.27. The summed E-state index contributed by atoms with van der Waals surface area (Å²) in [5.41, 5.74) is 2.35. The predicted octanol–water partition coefficient (Wildman–Crippen LogP) is 3.62. The molecule has 1 unspecified atom stereocenters. The molecule has 0 fully saturated rings. The van der Waals surface area contributed by atoms with E-state index in [1.54, 1.807) is 7.11 Å². The molecule has 0 saturated carbocycles. The van der Waals surface area contributed by atoms with Gasteiger partial charge in [0.1, 0.15) is 0 Å². The maximum absolute atomic E-state index is 6.30. The first-order chi connectivity index (χ1) is 9.00. The van der Waals surface area contributed by atoms with E-state index in [4.69, 9.17) is 16.3 Å². The topological polar surface area (TPSA) is 21.3 Å². The van der Waals surface area contributed by atoms with Crippen LogP contribution in [0.2, 0.25) is 5.02 Å². The van der Waals surface area contributed by atoms with Gasteiger partial charge in [-0.05, 0) is 30.5 Å². The van der Waals surface area contributed by atoms with E-state index < -0.39 is 0 Å². The smallest absolute Gasteiger partial charge is 0.0587 e. The molecule has 1 rings (SSSR count). The summed E-state index contributed by atoms with van der Waals surface area (Å²) in [7, 11) is 1.71. The van der Waals surface area contributed by atoms with Crippen LogP contribution in [0.15, 0.2) is 30.9 Å². The van der Waals surface area contributed by atoms with Gasteiger partial charge in [0, 0.05) is 30.6 Å². The number of hydrogen-bond acceptors (Lipinski definition) is 2. The quantitative estimate of drug-likeness (QED) is 0.580. The molecular weight excluding hydrogens is 258 g/mol. The van der Waals surface area contributed by atoms with Crippen LogP contribution in [-0.4, -0.2) is 26.8 Å². The van der Waals surface area contributed by atoms with Crippen molar-refractivity contribution in [3.05, 3.63) is 47.0 Å². The highest BCUT2D eigenvalue weighted by molar-refractivity contribution is 6.31. The van der Waals surface area contributed by atoms with Crippen LogP contribution in [0, 0.1) is 12.3 Å². The van der Waals surface area contributed by atoms with E-state index in [9.17, 15) is 0 Å². The van der Waals surface area contributed by atoms with E-state index in [1.165, 1.54) is 11.1 Å². The molecule has 0 aliphatic heterocycles. The molecule has 0 amide bonds. The van der Waals surface area contributed by atoms with E-state index in [2.05, 4.69) is 37.9 Å². The lowest BCUT2D eigenvalue weighted by Crippen LogP contribution is -2.33. The van der Waals surface area contributed by atoms with Crippen molar-refractivity contribution in [2.24, 2.45) is 5.41 Å². The van der Waals surface area contributed by atoms with E-state index >= 15 is 0 Å². The van der Waals surface area contributed by atoms with Crippen molar-refractivity contribution in [3.8, 4) is 0 Å². The molecule has 0 heterocycles. The van der Waals surface area contributed by atoms with E-state index in [0.29, 0.717) is 0 Å². The van der Waals surface area contributed by atoms with Gasteiger partial charge in [-0.1, -0.05) is 36.7 Å². The van der Waals surface area contributed by atoms with Crippen molar-refractivity contribution in [1.29, 1.82) is 0 Å². The monoisotopic (exact) mass is 281 g/mol. The maximum Gasteiger partial charge on any atom is 0.0587 e. The van der Waals surface area contributed by atoms with Crippen LogP contribution >= 0.6 is 11.6 Å². The minimum Gasteiger partial charge on any atom is -0.383 e. The Balaban J connectivity index is 2.66. The number of aryl methyl sites for hydroxylation is 1. The zero-order valence-electron chi connectivity index (χ0n) is 12.1. The number of nitrogens with one attached hydrogen (secondary N) is 1. The first-order valence-corrected chi connectivity index (χ1v) is 6.97. The summed E-state index contributed by atoms with van der Waals surface area (Å²) in [5, 5.41) is 4.23. The minimum absolute atomic E-state index is 0.00730. The molecule has 0 saturated heterocycles. The number of rotatable bonds is 8. The average molecular weight is 282 g/mol. The van der Waals surface area contributed by atoms with Crippen LogP contribution < -0.4 is 5.32 Å². The highest BCUT2D eigenvalue weighted by atomic mass is 35.5. The van der Waals surface area contributed by atoms with Gasteiger partial charge in [0.05, 0.1) is 6.61 Å². The van der Waals surface area contributed by atoms with Crippen molar-refractivity contribution in [3.63, 3.8) is 0 Å². The summed E-state index contributed by atoms with van der Waals surface area (Å²) in [4.78, 5) is 0. The number of hydrogen-bond donors (Lipinski definition) is 1. The highest BCUT2D eigenvalue weighted by Crippen LogP contribution is 2.28. The fourth-order valence-electron chi connectivity index (χ4n) is 1.99. The summed E-state index contributed by atoms with van der Waals surface area (Å²) in [6, 6.07) is 6.22. The summed E-state index contributed by atoms with van der Waals surface area (Å²) in [5.74, 6) is 0. The van der Waals surface area contributed by atoms with Gasteiger partial charge in [0.15, 0.2) is 0 Å². The van der Waals surface area contributed by atoms with Gasteiger partial charge < -0.3 is 10.1 Å². The molecule has 106 valence electrons. The van der Waals surface area contributed by atoms with Gasteiger partial charge in [-0.15, -0.1) is 6.58 Å². The lowest BCUT2D eigenvalue weighted by molar-refractivity contribution is 0.196. The molecule has 1 N–H and O–H groups in total. The number of ether oxygens (including phenoxy) is 1. The van der Waals surface area contributed by atoms with Crippen LogP contribution in [0.3, 0.4) is 0 Å². The third-order valence-corrected chi connectivity index (χ3v) is 3.66. The maximum atomic E-state index is 6.30. The van der Waals surface area contributed by atoms with Gasteiger partial charge in [0.2, 0.25) is 0 Å². The van der Waals surface area contributed by atoms with Crippen molar-refractivity contribution in [2.45, 2.75) is 20.3 Å². The summed E-state index contributed by atoms with van der Waals surface area (Å²) in [6.45, 7) is 10.6. The normalized spacial score (nSPS) is 14.1. The molecule has 19 heavy (non-hydrogen) atoms. The van der Waals surface area contributed by atoms with Crippen molar-refractivity contribution in [2.75, 3.05) is 26.8 Å². The Kier molecular flexibility index (Phi) is 6.56. The molecule has 0 aliphatic carbocycles. The Bertz CT molecular complexity index is 419. The first-order valence-electron chi connectivity index (χ1n) is 6.59. The lowest BCUT2D eigenvalue weighted by atomic mass is 9.83. The number of benzene rings is 1. The van der Waals surface area contributed by atoms with Gasteiger partial charge >= 0.3 is 0 Å². The van der Waals surface area contributed by atoms with E-state index in [-0.39, 0.29) is 5.41 Å². The van der Waals surface area contributed by atoms with Crippen molar-refractivity contribution in [1.82, 2.24) is 5.32 Å². The third-order valence-electron chi connectivity index (χ3n) is 3.31.